The highest BCUT2D eigenvalue weighted by Crippen LogP contribution is 2.33. The summed E-state index contributed by atoms with van der Waals surface area (Å²) in [6, 6.07) is 4.06. The van der Waals surface area contributed by atoms with E-state index < -0.39 is 11.4 Å². The Morgan fingerprint density at radius 1 is 1.32 bits per heavy atom. The average molecular weight is 307 g/mol. The van der Waals surface area contributed by atoms with Gasteiger partial charge in [-0.05, 0) is 38.0 Å². The third-order valence-corrected chi connectivity index (χ3v) is 4.12. The first-order valence-electron chi connectivity index (χ1n) is 7.46. The lowest BCUT2D eigenvalue weighted by Gasteiger charge is -2.37. The summed E-state index contributed by atoms with van der Waals surface area (Å²) in [6.45, 7) is 3.23. The van der Waals surface area contributed by atoms with Crippen molar-refractivity contribution in [3.05, 3.63) is 24.0 Å². The van der Waals surface area contributed by atoms with Crippen LogP contribution in [0.5, 0.6) is 0 Å². The molecular weight excluding hydrogens is 285 g/mol. The molecule has 1 fully saturated rings. The molecule has 2 unspecified atom stereocenters. The molecule has 0 saturated heterocycles. The minimum atomic E-state index is -0.575. The van der Waals surface area contributed by atoms with Gasteiger partial charge in [-0.15, -0.1) is 0 Å². The van der Waals surface area contributed by atoms with Gasteiger partial charge in [-0.25, -0.2) is 4.39 Å². The summed E-state index contributed by atoms with van der Waals surface area (Å²) in [6.07, 6.45) is 3.42. The zero-order valence-corrected chi connectivity index (χ0v) is 12.9. The maximum absolute atomic E-state index is 13.9. The third kappa shape index (κ3) is 3.82. The van der Waals surface area contributed by atoms with Crippen LogP contribution < -0.4 is 16.4 Å². The van der Waals surface area contributed by atoms with Crippen molar-refractivity contribution >= 4 is 23.2 Å². The van der Waals surface area contributed by atoms with Crippen LogP contribution in [0.25, 0.3) is 0 Å². The van der Waals surface area contributed by atoms with Crippen LogP contribution in [0, 0.1) is 11.7 Å². The topological polar surface area (TPSA) is 84.2 Å². The quantitative estimate of drug-likeness (QED) is 0.802. The lowest BCUT2D eigenvalue weighted by atomic mass is 9.74. The molecule has 0 spiro atoms. The molecule has 120 valence electrons. The number of carbonyl (C=O) groups is 2. The predicted molar refractivity (Wildman–Crippen MR) is 83.9 cm³/mol. The molecule has 2 rings (SSSR count). The van der Waals surface area contributed by atoms with Crippen molar-refractivity contribution in [2.24, 2.45) is 11.7 Å². The fourth-order valence-electron chi connectivity index (χ4n) is 2.91. The lowest BCUT2D eigenvalue weighted by Crippen LogP contribution is -2.51. The van der Waals surface area contributed by atoms with E-state index in [-0.39, 0.29) is 23.4 Å². The fraction of sp³-hybridized carbons (Fsp3) is 0.500. The molecule has 1 aromatic carbocycles. The van der Waals surface area contributed by atoms with Gasteiger partial charge in [-0.1, -0.05) is 12.8 Å². The zero-order valence-electron chi connectivity index (χ0n) is 12.9. The average Bonchev–Trinajstić information content (AvgIpc) is 2.41. The first-order chi connectivity index (χ1) is 10.3. The molecule has 1 saturated carbocycles. The summed E-state index contributed by atoms with van der Waals surface area (Å²) >= 11 is 0. The number of nitrogens with one attached hydrogen (secondary N) is 2. The first kappa shape index (κ1) is 16.4. The molecule has 22 heavy (non-hydrogen) atoms. The third-order valence-electron chi connectivity index (χ3n) is 4.12. The molecule has 2 amide bonds. The number of hydrogen-bond acceptors (Lipinski definition) is 3. The minimum Gasteiger partial charge on any atom is -0.326 e. The van der Waals surface area contributed by atoms with Crippen LogP contribution >= 0.6 is 0 Å². The second kappa shape index (κ2) is 6.44. The van der Waals surface area contributed by atoms with E-state index in [9.17, 15) is 14.0 Å². The van der Waals surface area contributed by atoms with Crippen LogP contribution in [-0.2, 0) is 9.59 Å². The molecule has 2 atom stereocenters. The summed E-state index contributed by atoms with van der Waals surface area (Å²) in [5.41, 5.74) is 6.11. The summed E-state index contributed by atoms with van der Waals surface area (Å²) in [5.74, 6) is -1.42. The van der Waals surface area contributed by atoms with Crippen LogP contribution in [0.3, 0.4) is 0 Å². The number of rotatable bonds is 3. The van der Waals surface area contributed by atoms with E-state index in [4.69, 9.17) is 5.73 Å². The number of amides is 2. The number of carbonyl (C=O) groups excluding carboxylic acids is 2. The lowest BCUT2D eigenvalue weighted by molar-refractivity contribution is -0.122. The van der Waals surface area contributed by atoms with Crippen molar-refractivity contribution in [1.29, 1.82) is 0 Å². The summed E-state index contributed by atoms with van der Waals surface area (Å²) in [4.78, 5) is 23.5. The van der Waals surface area contributed by atoms with Gasteiger partial charge in [0.25, 0.3) is 0 Å². The monoisotopic (exact) mass is 307 g/mol. The number of halogens is 1. The molecule has 0 aromatic heterocycles. The van der Waals surface area contributed by atoms with Crippen LogP contribution in [-0.4, -0.2) is 17.4 Å². The number of nitrogens with two attached hydrogens (primary N) is 1. The second-order valence-electron chi connectivity index (χ2n) is 6.17. The van der Waals surface area contributed by atoms with E-state index in [1.807, 2.05) is 6.92 Å². The molecule has 6 heteroatoms. The SMILES string of the molecule is CC(=O)Nc1ccc(F)c(NC(=O)C2CCCCC2(C)N)c1. The van der Waals surface area contributed by atoms with Crippen LogP contribution in [0.1, 0.15) is 39.5 Å². The Morgan fingerprint density at radius 2 is 2.05 bits per heavy atom. The van der Waals surface area contributed by atoms with Gasteiger partial charge in [0.2, 0.25) is 11.8 Å². The summed E-state index contributed by atoms with van der Waals surface area (Å²) in [7, 11) is 0. The fourth-order valence-corrected chi connectivity index (χ4v) is 2.91. The molecule has 0 radical (unpaired) electrons. The minimum absolute atomic E-state index is 0.0534. The van der Waals surface area contributed by atoms with Crippen molar-refractivity contribution in [2.45, 2.75) is 45.1 Å². The van der Waals surface area contributed by atoms with Gasteiger partial charge in [-0.2, -0.15) is 0 Å². The van der Waals surface area contributed by atoms with E-state index in [1.54, 1.807) is 0 Å². The van der Waals surface area contributed by atoms with E-state index in [2.05, 4.69) is 10.6 Å². The Morgan fingerprint density at radius 3 is 2.68 bits per heavy atom. The highest BCUT2D eigenvalue weighted by molar-refractivity contribution is 5.95. The molecule has 1 aromatic rings. The number of hydrogen-bond donors (Lipinski definition) is 3. The van der Waals surface area contributed by atoms with Crippen molar-refractivity contribution in [3.8, 4) is 0 Å². The maximum atomic E-state index is 13.9. The van der Waals surface area contributed by atoms with Crippen LogP contribution in [0.2, 0.25) is 0 Å². The van der Waals surface area contributed by atoms with Crippen molar-refractivity contribution in [3.63, 3.8) is 0 Å². The molecule has 0 heterocycles. The zero-order chi connectivity index (χ0) is 16.3. The van der Waals surface area contributed by atoms with E-state index >= 15 is 0 Å². The molecule has 1 aliphatic rings. The molecule has 0 aliphatic heterocycles. The predicted octanol–water partition coefficient (Wildman–Crippen LogP) is 2.63. The second-order valence-corrected chi connectivity index (χ2v) is 6.17. The first-order valence-corrected chi connectivity index (χ1v) is 7.46. The standard InChI is InChI=1S/C16H22FN3O2/c1-10(21)19-11-6-7-13(17)14(9-11)20-15(22)12-5-3-4-8-16(12,2)18/h6-7,9,12H,3-5,8,18H2,1-2H3,(H,19,21)(H,20,22). The molecule has 5 nitrogen and oxygen atoms in total. The number of anilines is 2. The van der Waals surface area contributed by atoms with E-state index in [1.165, 1.54) is 25.1 Å². The van der Waals surface area contributed by atoms with Crippen LogP contribution in [0.15, 0.2) is 18.2 Å². The smallest absolute Gasteiger partial charge is 0.229 e. The van der Waals surface area contributed by atoms with Crippen molar-refractivity contribution < 1.29 is 14.0 Å². The Balaban J connectivity index is 2.15. The van der Waals surface area contributed by atoms with Gasteiger partial charge in [0.15, 0.2) is 0 Å². The van der Waals surface area contributed by atoms with E-state index in [0.717, 1.165) is 19.3 Å². The van der Waals surface area contributed by atoms with Crippen molar-refractivity contribution in [1.82, 2.24) is 0 Å². The van der Waals surface area contributed by atoms with E-state index in [0.29, 0.717) is 12.1 Å². The molecule has 1 aliphatic carbocycles. The number of benzene rings is 1. The normalized spacial score (nSPS) is 24.6. The van der Waals surface area contributed by atoms with Crippen molar-refractivity contribution in [2.75, 3.05) is 10.6 Å². The molecule has 0 bridgehead atoms. The Kier molecular flexibility index (Phi) is 4.81. The van der Waals surface area contributed by atoms with Gasteiger partial charge in [0, 0.05) is 18.2 Å². The highest BCUT2D eigenvalue weighted by atomic mass is 19.1. The van der Waals surface area contributed by atoms with Gasteiger partial charge >= 0.3 is 0 Å². The summed E-state index contributed by atoms with van der Waals surface area (Å²) < 4.78 is 13.9. The largest absolute Gasteiger partial charge is 0.326 e. The van der Waals surface area contributed by atoms with Gasteiger partial charge < -0.3 is 16.4 Å². The Hall–Kier alpha value is -1.95. The Bertz CT molecular complexity index is 587. The molecule has 4 N–H and O–H groups in total. The van der Waals surface area contributed by atoms with Gasteiger partial charge in [0.05, 0.1) is 11.6 Å². The Labute approximate surface area is 129 Å². The van der Waals surface area contributed by atoms with Crippen LogP contribution in [0.4, 0.5) is 15.8 Å². The maximum Gasteiger partial charge on any atom is 0.229 e. The van der Waals surface area contributed by atoms with Gasteiger partial charge in [0.1, 0.15) is 5.82 Å². The molecular formula is C16H22FN3O2. The summed E-state index contributed by atoms with van der Waals surface area (Å²) in [5, 5.41) is 5.16. The van der Waals surface area contributed by atoms with Gasteiger partial charge in [-0.3, -0.25) is 9.59 Å². The highest BCUT2D eigenvalue weighted by Gasteiger charge is 2.37.